The highest BCUT2D eigenvalue weighted by Gasteiger charge is 2.18. The summed E-state index contributed by atoms with van der Waals surface area (Å²) in [7, 11) is 1.34. The number of nitrogens with zero attached hydrogens (tertiary/aromatic N) is 2. The number of thiazole rings is 1. The summed E-state index contributed by atoms with van der Waals surface area (Å²) in [4.78, 5) is 30.0. The molecular formula is C22H21BrN2O4S. The van der Waals surface area contributed by atoms with Crippen molar-refractivity contribution < 1.29 is 19.1 Å². The summed E-state index contributed by atoms with van der Waals surface area (Å²) in [6, 6.07) is 12.9. The number of aromatic nitrogens is 1. The molecular weight excluding hydrogens is 468 g/mol. The minimum atomic E-state index is -0.414. The summed E-state index contributed by atoms with van der Waals surface area (Å²) < 4.78 is 11.2. The van der Waals surface area contributed by atoms with Gasteiger partial charge in [0.2, 0.25) is 5.91 Å². The lowest BCUT2D eigenvalue weighted by Crippen LogP contribution is -2.22. The van der Waals surface area contributed by atoms with Gasteiger partial charge in [0.15, 0.2) is 5.13 Å². The predicted molar refractivity (Wildman–Crippen MR) is 121 cm³/mol. The highest BCUT2D eigenvalue weighted by molar-refractivity contribution is 9.10. The van der Waals surface area contributed by atoms with Crippen LogP contribution in [-0.4, -0.2) is 24.0 Å². The zero-order chi connectivity index (χ0) is 21.7. The fraction of sp³-hybridized carbons (Fsp3) is 0.227. The SMILES string of the molecule is CCc1ccc(N(C(C)=O)c2nc(COc3ccc(C(=O)OC)cc3Br)cs2)cc1. The molecule has 0 radical (unpaired) electrons. The number of methoxy groups -OCH3 is 1. The lowest BCUT2D eigenvalue weighted by molar-refractivity contribution is -0.115. The Morgan fingerprint density at radius 3 is 2.50 bits per heavy atom. The molecule has 0 fully saturated rings. The molecule has 3 rings (SSSR count). The van der Waals surface area contributed by atoms with E-state index in [0.29, 0.717) is 26.6 Å². The quantitative estimate of drug-likeness (QED) is 0.409. The van der Waals surface area contributed by atoms with Gasteiger partial charge >= 0.3 is 5.97 Å². The molecule has 0 N–H and O–H groups in total. The minimum absolute atomic E-state index is 0.109. The number of benzene rings is 2. The van der Waals surface area contributed by atoms with Crippen LogP contribution >= 0.6 is 27.3 Å². The van der Waals surface area contributed by atoms with Crippen LogP contribution in [0.4, 0.5) is 10.8 Å². The van der Waals surface area contributed by atoms with Crippen molar-refractivity contribution in [2.75, 3.05) is 12.0 Å². The molecule has 0 aliphatic rings. The third-order valence-corrected chi connectivity index (χ3v) is 5.87. The first kappa shape index (κ1) is 22.0. The molecule has 0 unspecified atom stereocenters. The van der Waals surface area contributed by atoms with Crippen LogP contribution in [0, 0.1) is 0 Å². The minimum Gasteiger partial charge on any atom is -0.486 e. The summed E-state index contributed by atoms with van der Waals surface area (Å²) in [5.41, 5.74) is 3.12. The van der Waals surface area contributed by atoms with E-state index in [2.05, 4.69) is 27.8 Å². The first-order valence-electron chi connectivity index (χ1n) is 9.27. The van der Waals surface area contributed by atoms with Crippen molar-refractivity contribution in [1.29, 1.82) is 0 Å². The number of carbonyl (C=O) groups excluding carboxylic acids is 2. The van der Waals surface area contributed by atoms with Gasteiger partial charge in [0, 0.05) is 12.3 Å². The molecule has 0 saturated carbocycles. The number of esters is 1. The second-order valence-electron chi connectivity index (χ2n) is 6.42. The first-order valence-corrected chi connectivity index (χ1v) is 10.9. The van der Waals surface area contributed by atoms with Crippen LogP contribution in [0.25, 0.3) is 0 Å². The summed E-state index contributed by atoms with van der Waals surface area (Å²) in [6.07, 6.45) is 0.940. The molecule has 1 amide bonds. The van der Waals surface area contributed by atoms with Crippen LogP contribution in [0.15, 0.2) is 52.3 Å². The molecule has 0 aliphatic heterocycles. The number of carbonyl (C=O) groups is 2. The Morgan fingerprint density at radius 2 is 1.90 bits per heavy atom. The lowest BCUT2D eigenvalue weighted by Gasteiger charge is -2.18. The van der Waals surface area contributed by atoms with Crippen LogP contribution in [0.2, 0.25) is 0 Å². The molecule has 0 saturated heterocycles. The maximum atomic E-state index is 12.3. The van der Waals surface area contributed by atoms with Crippen LogP contribution in [-0.2, 0) is 22.6 Å². The molecule has 3 aromatic rings. The van der Waals surface area contributed by atoms with Gasteiger partial charge in [0.05, 0.1) is 28.5 Å². The van der Waals surface area contributed by atoms with Crippen molar-refractivity contribution in [3.05, 3.63) is 69.1 Å². The van der Waals surface area contributed by atoms with Crippen molar-refractivity contribution >= 4 is 50.0 Å². The monoisotopic (exact) mass is 488 g/mol. The predicted octanol–water partition coefficient (Wildman–Crippen LogP) is 5.52. The standard InChI is InChI=1S/C22H21BrN2O4S/c1-4-15-5-8-18(9-6-15)25(14(2)26)22-24-17(13-30-22)12-29-20-10-7-16(11-19(20)23)21(27)28-3/h5-11,13H,4,12H2,1-3H3. The van der Waals surface area contributed by atoms with Crippen LogP contribution in [0.5, 0.6) is 5.75 Å². The maximum Gasteiger partial charge on any atom is 0.337 e. The molecule has 2 aromatic carbocycles. The van der Waals surface area contributed by atoms with Gasteiger partial charge in [0.1, 0.15) is 12.4 Å². The Bertz CT molecular complexity index is 1050. The van der Waals surface area contributed by atoms with E-state index in [1.807, 2.05) is 29.6 Å². The number of amides is 1. The lowest BCUT2D eigenvalue weighted by atomic mass is 10.1. The van der Waals surface area contributed by atoms with Gasteiger partial charge in [-0.1, -0.05) is 19.1 Å². The molecule has 1 aromatic heterocycles. The average molecular weight is 489 g/mol. The molecule has 1 heterocycles. The zero-order valence-corrected chi connectivity index (χ0v) is 19.2. The van der Waals surface area contributed by atoms with Crippen molar-refractivity contribution in [2.24, 2.45) is 0 Å². The van der Waals surface area contributed by atoms with Gasteiger partial charge in [-0.3, -0.25) is 9.69 Å². The second kappa shape index (κ2) is 9.86. The van der Waals surface area contributed by atoms with Crippen molar-refractivity contribution in [1.82, 2.24) is 4.98 Å². The van der Waals surface area contributed by atoms with E-state index in [-0.39, 0.29) is 12.5 Å². The van der Waals surface area contributed by atoms with E-state index in [1.54, 1.807) is 23.1 Å². The average Bonchev–Trinajstić information content (AvgIpc) is 3.21. The molecule has 0 atom stereocenters. The Labute approximate surface area is 187 Å². The van der Waals surface area contributed by atoms with Gasteiger partial charge in [-0.15, -0.1) is 11.3 Å². The Balaban J connectivity index is 1.73. The molecule has 0 bridgehead atoms. The van der Waals surface area contributed by atoms with Crippen LogP contribution in [0.3, 0.4) is 0 Å². The number of hydrogen-bond acceptors (Lipinski definition) is 6. The van der Waals surface area contributed by atoms with Crippen LogP contribution < -0.4 is 9.64 Å². The Hall–Kier alpha value is -2.71. The van der Waals surface area contributed by atoms with Gasteiger partial charge < -0.3 is 9.47 Å². The van der Waals surface area contributed by atoms with E-state index in [1.165, 1.54) is 30.9 Å². The third-order valence-electron chi connectivity index (χ3n) is 4.38. The number of hydrogen-bond donors (Lipinski definition) is 0. The van der Waals surface area contributed by atoms with Crippen molar-refractivity contribution in [2.45, 2.75) is 26.9 Å². The summed E-state index contributed by atoms with van der Waals surface area (Å²) in [5.74, 6) is 0.0562. The largest absolute Gasteiger partial charge is 0.486 e. The van der Waals surface area contributed by atoms with Gasteiger partial charge in [-0.2, -0.15) is 0 Å². The highest BCUT2D eigenvalue weighted by atomic mass is 79.9. The summed E-state index contributed by atoms with van der Waals surface area (Å²) in [6.45, 7) is 3.84. The third kappa shape index (κ3) is 5.06. The number of aryl methyl sites for hydroxylation is 1. The van der Waals surface area contributed by atoms with Gasteiger partial charge in [-0.05, 0) is 58.2 Å². The maximum absolute atomic E-state index is 12.3. The molecule has 0 spiro atoms. The fourth-order valence-corrected chi connectivity index (χ4v) is 4.15. The molecule has 156 valence electrons. The Kier molecular flexibility index (Phi) is 7.23. The van der Waals surface area contributed by atoms with Gasteiger partial charge in [-0.25, -0.2) is 9.78 Å². The van der Waals surface area contributed by atoms with Crippen molar-refractivity contribution in [3.63, 3.8) is 0 Å². The smallest absolute Gasteiger partial charge is 0.337 e. The van der Waals surface area contributed by atoms with E-state index < -0.39 is 5.97 Å². The number of anilines is 2. The van der Waals surface area contributed by atoms with E-state index in [4.69, 9.17) is 9.47 Å². The second-order valence-corrected chi connectivity index (χ2v) is 8.11. The topological polar surface area (TPSA) is 68.7 Å². The number of ether oxygens (including phenoxy) is 2. The number of rotatable bonds is 7. The van der Waals surface area contributed by atoms with Gasteiger partial charge in [0.25, 0.3) is 0 Å². The molecule has 0 aliphatic carbocycles. The Morgan fingerprint density at radius 1 is 1.17 bits per heavy atom. The first-order chi connectivity index (χ1) is 14.4. The fourth-order valence-electron chi connectivity index (χ4n) is 2.79. The number of halogens is 1. The normalized spacial score (nSPS) is 10.5. The molecule has 30 heavy (non-hydrogen) atoms. The van der Waals surface area contributed by atoms with Crippen molar-refractivity contribution in [3.8, 4) is 5.75 Å². The molecule has 6 nitrogen and oxygen atoms in total. The summed E-state index contributed by atoms with van der Waals surface area (Å²) >= 11 is 4.78. The van der Waals surface area contributed by atoms with E-state index in [9.17, 15) is 9.59 Å². The molecule has 8 heteroatoms. The summed E-state index contributed by atoms with van der Waals surface area (Å²) in [5, 5.41) is 2.45. The van der Waals surface area contributed by atoms with Crippen LogP contribution in [0.1, 0.15) is 35.5 Å². The van der Waals surface area contributed by atoms with E-state index >= 15 is 0 Å². The van der Waals surface area contributed by atoms with E-state index in [0.717, 1.165) is 12.1 Å². The zero-order valence-electron chi connectivity index (χ0n) is 16.8. The highest BCUT2D eigenvalue weighted by Crippen LogP contribution is 2.31.